The Kier molecular flexibility index (Phi) is 3.61. The highest BCUT2D eigenvalue weighted by atomic mass is 15.4. The molecule has 0 aliphatic heterocycles. The van der Waals surface area contributed by atoms with Gasteiger partial charge in [0.1, 0.15) is 5.82 Å². The van der Waals surface area contributed by atoms with E-state index in [9.17, 15) is 0 Å². The highest BCUT2D eigenvalue weighted by molar-refractivity contribution is 5.81. The lowest BCUT2D eigenvalue weighted by Gasteiger charge is -2.05. The van der Waals surface area contributed by atoms with Crippen molar-refractivity contribution < 1.29 is 0 Å². The summed E-state index contributed by atoms with van der Waals surface area (Å²) in [6.07, 6.45) is 2.45. The fourth-order valence-corrected chi connectivity index (χ4v) is 3.81. The Hall–Kier alpha value is -4.13. The van der Waals surface area contributed by atoms with Crippen LogP contribution in [-0.2, 0) is 6.42 Å². The molecule has 0 fully saturated rings. The molecule has 4 aromatic heterocycles. The Bertz CT molecular complexity index is 1540. The minimum Gasteiger partial charge on any atom is -0.342 e. The van der Waals surface area contributed by atoms with Crippen LogP contribution in [0.5, 0.6) is 0 Å². The number of aryl methyl sites for hydroxylation is 1. The van der Waals surface area contributed by atoms with Crippen LogP contribution >= 0.6 is 0 Å². The molecule has 0 aliphatic rings. The molecule has 0 radical (unpaired) electrons. The zero-order chi connectivity index (χ0) is 20.1. The molecule has 6 aromatic rings. The number of H-pyrrole nitrogens is 1. The lowest BCUT2D eigenvalue weighted by molar-refractivity contribution is 0.842. The van der Waals surface area contributed by atoms with Gasteiger partial charge < -0.3 is 4.98 Å². The number of aromatic amines is 1. The first-order valence-corrected chi connectivity index (χ1v) is 9.75. The molecule has 0 atom stereocenters. The summed E-state index contributed by atoms with van der Waals surface area (Å²) in [5.74, 6) is 1.70. The fourth-order valence-electron chi connectivity index (χ4n) is 3.81. The van der Waals surface area contributed by atoms with E-state index in [-0.39, 0.29) is 0 Å². The summed E-state index contributed by atoms with van der Waals surface area (Å²) in [5.41, 5.74) is 6.69. The predicted molar refractivity (Wildman–Crippen MR) is 115 cm³/mol. The molecule has 1 N–H and O–H groups in total. The first-order valence-electron chi connectivity index (χ1n) is 9.75. The van der Waals surface area contributed by atoms with Crippen LogP contribution in [0.1, 0.15) is 17.2 Å². The van der Waals surface area contributed by atoms with Crippen LogP contribution in [0, 0.1) is 6.92 Å². The topological polar surface area (TPSA) is 84.7 Å². The maximum absolute atomic E-state index is 4.82. The molecule has 0 saturated heterocycles. The van der Waals surface area contributed by atoms with Crippen molar-refractivity contribution >= 4 is 27.6 Å². The van der Waals surface area contributed by atoms with Crippen LogP contribution in [0.3, 0.4) is 0 Å². The maximum atomic E-state index is 4.82. The van der Waals surface area contributed by atoms with E-state index in [1.54, 1.807) is 6.20 Å². The van der Waals surface area contributed by atoms with E-state index in [0.717, 1.165) is 56.1 Å². The van der Waals surface area contributed by atoms with E-state index in [1.165, 1.54) is 0 Å². The minimum atomic E-state index is 0.640. The molecule has 0 aliphatic carbocycles. The highest BCUT2D eigenvalue weighted by Gasteiger charge is 2.11. The summed E-state index contributed by atoms with van der Waals surface area (Å²) in [6, 6.07) is 20.3. The number of imidazole rings is 1. The van der Waals surface area contributed by atoms with E-state index in [4.69, 9.17) is 5.10 Å². The van der Waals surface area contributed by atoms with Crippen LogP contribution in [0.15, 0.2) is 66.9 Å². The molecule has 7 nitrogen and oxygen atoms in total. The maximum Gasteiger partial charge on any atom is 0.177 e. The SMILES string of the molecule is Cc1nc2ccc(-c3ccc4nnc(Cc5ccc6ncccc6c5)n4n3)cc2[nH]1. The van der Waals surface area contributed by atoms with Gasteiger partial charge in [-0.25, -0.2) is 4.98 Å². The van der Waals surface area contributed by atoms with Gasteiger partial charge in [-0.15, -0.1) is 10.2 Å². The van der Waals surface area contributed by atoms with Gasteiger partial charge in [0.2, 0.25) is 0 Å². The summed E-state index contributed by atoms with van der Waals surface area (Å²) in [6.45, 7) is 1.95. The monoisotopic (exact) mass is 391 g/mol. The third-order valence-corrected chi connectivity index (χ3v) is 5.25. The van der Waals surface area contributed by atoms with Crippen molar-refractivity contribution in [3.05, 3.63) is 84.1 Å². The zero-order valence-corrected chi connectivity index (χ0v) is 16.2. The van der Waals surface area contributed by atoms with E-state index in [2.05, 4.69) is 49.4 Å². The summed E-state index contributed by atoms with van der Waals surface area (Å²) in [5, 5.41) is 14.6. The normalized spacial score (nSPS) is 11.6. The molecule has 0 spiro atoms. The third kappa shape index (κ3) is 2.79. The summed E-state index contributed by atoms with van der Waals surface area (Å²) < 4.78 is 1.82. The quantitative estimate of drug-likeness (QED) is 0.491. The number of aromatic nitrogens is 7. The van der Waals surface area contributed by atoms with Crippen molar-refractivity contribution in [2.45, 2.75) is 13.3 Å². The molecular weight excluding hydrogens is 374 g/mol. The van der Waals surface area contributed by atoms with Crippen molar-refractivity contribution in [2.24, 2.45) is 0 Å². The summed E-state index contributed by atoms with van der Waals surface area (Å²) >= 11 is 0. The molecule has 4 heterocycles. The average molecular weight is 391 g/mol. The molecule has 0 unspecified atom stereocenters. The van der Waals surface area contributed by atoms with Gasteiger partial charge in [-0.05, 0) is 55.0 Å². The Morgan fingerprint density at radius 2 is 1.87 bits per heavy atom. The number of hydrogen-bond donors (Lipinski definition) is 1. The van der Waals surface area contributed by atoms with E-state index >= 15 is 0 Å². The number of benzene rings is 2. The van der Waals surface area contributed by atoms with Crippen LogP contribution in [0.4, 0.5) is 0 Å². The summed E-state index contributed by atoms with van der Waals surface area (Å²) in [4.78, 5) is 12.1. The van der Waals surface area contributed by atoms with Crippen molar-refractivity contribution in [1.82, 2.24) is 34.8 Å². The van der Waals surface area contributed by atoms with Gasteiger partial charge in [0, 0.05) is 23.6 Å². The number of nitrogens with zero attached hydrogens (tertiary/aromatic N) is 6. The summed E-state index contributed by atoms with van der Waals surface area (Å²) in [7, 11) is 0. The smallest absolute Gasteiger partial charge is 0.177 e. The highest BCUT2D eigenvalue weighted by Crippen LogP contribution is 2.23. The number of hydrogen-bond acceptors (Lipinski definition) is 5. The van der Waals surface area contributed by atoms with Crippen LogP contribution in [0.25, 0.3) is 38.8 Å². The van der Waals surface area contributed by atoms with Gasteiger partial charge in [0.05, 0.1) is 22.2 Å². The van der Waals surface area contributed by atoms with Gasteiger partial charge in [0.15, 0.2) is 11.5 Å². The van der Waals surface area contributed by atoms with Gasteiger partial charge >= 0.3 is 0 Å². The molecule has 6 rings (SSSR count). The Labute approximate surface area is 171 Å². The second-order valence-corrected chi connectivity index (χ2v) is 7.37. The molecular formula is C23H17N7. The van der Waals surface area contributed by atoms with Gasteiger partial charge in [-0.3, -0.25) is 4.98 Å². The largest absolute Gasteiger partial charge is 0.342 e. The second-order valence-electron chi connectivity index (χ2n) is 7.37. The van der Waals surface area contributed by atoms with Gasteiger partial charge in [0.25, 0.3) is 0 Å². The lowest BCUT2D eigenvalue weighted by Crippen LogP contribution is -2.01. The Morgan fingerprint density at radius 3 is 2.83 bits per heavy atom. The fraction of sp³-hybridized carbons (Fsp3) is 0.0870. The van der Waals surface area contributed by atoms with E-state index in [0.29, 0.717) is 6.42 Å². The predicted octanol–water partition coefficient (Wildman–Crippen LogP) is 4.12. The average Bonchev–Trinajstić information content (AvgIpc) is 3.35. The van der Waals surface area contributed by atoms with Crippen molar-refractivity contribution in [3.8, 4) is 11.3 Å². The molecule has 0 amide bonds. The number of nitrogens with one attached hydrogen (secondary N) is 1. The molecule has 2 aromatic carbocycles. The zero-order valence-electron chi connectivity index (χ0n) is 16.2. The molecule has 0 bridgehead atoms. The molecule has 144 valence electrons. The van der Waals surface area contributed by atoms with Crippen molar-refractivity contribution in [1.29, 1.82) is 0 Å². The Balaban J connectivity index is 1.40. The van der Waals surface area contributed by atoms with Crippen molar-refractivity contribution in [2.75, 3.05) is 0 Å². The molecule has 0 saturated carbocycles. The van der Waals surface area contributed by atoms with Crippen LogP contribution in [-0.4, -0.2) is 34.8 Å². The van der Waals surface area contributed by atoms with Crippen LogP contribution < -0.4 is 0 Å². The third-order valence-electron chi connectivity index (χ3n) is 5.25. The van der Waals surface area contributed by atoms with Gasteiger partial charge in [-0.2, -0.15) is 9.61 Å². The van der Waals surface area contributed by atoms with E-state index in [1.807, 2.05) is 47.8 Å². The minimum absolute atomic E-state index is 0.640. The lowest BCUT2D eigenvalue weighted by atomic mass is 10.1. The first-order chi connectivity index (χ1) is 14.7. The number of pyridine rings is 1. The van der Waals surface area contributed by atoms with E-state index < -0.39 is 0 Å². The standard InChI is InChI=1S/C23H17N7/c1-14-25-20-7-5-17(13-21(20)26-14)19-8-9-22-27-28-23(30(22)29-19)12-15-4-6-18-16(11-15)3-2-10-24-18/h2-11,13H,12H2,1H3,(H,25,26). The van der Waals surface area contributed by atoms with Gasteiger partial charge in [-0.1, -0.05) is 18.2 Å². The van der Waals surface area contributed by atoms with Crippen molar-refractivity contribution in [3.63, 3.8) is 0 Å². The number of rotatable bonds is 3. The molecule has 7 heteroatoms. The van der Waals surface area contributed by atoms with Crippen LogP contribution in [0.2, 0.25) is 0 Å². The Morgan fingerprint density at radius 1 is 0.933 bits per heavy atom. The first kappa shape index (κ1) is 16.8. The molecule has 30 heavy (non-hydrogen) atoms. The number of fused-ring (bicyclic) bond motifs is 3. The second kappa shape index (κ2) is 6.45.